The van der Waals surface area contributed by atoms with Crippen LogP contribution < -0.4 is 9.64 Å². The molecule has 9 heteroatoms. The van der Waals surface area contributed by atoms with E-state index in [9.17, 15) is 14.3 Å². The minimum atomic E-state index is -1.15. The Labute approximate surface area is 188 Å². The molecule has 8 nitrogen and oxygen atoms in total. The Morgan fingerprint density at radius 1 is 1.18 bits per heavy atom. The van der Waals surface area contributed by atoms with Gasteiger partial charge in [0.15, 0.2) is 0 Å². The molecular formula is C24H21FN2O6. The van der Waals surface area contributed by atoms with Gasteiger partial charge >= 0.3 is 5.97 Å². The number of ether oxygens (including phenoxy) is 2. The Morgan fingerprint density at radius 2 is 1.94 bits per heavy atom. The Morgan fingerprint density at radius 3 is 2.61 bits per heavy atom. The van der Waals surface area contributed by atoms with Gasteiger partial charge in [-0.05, 0) is 37.3 Å². The molecule has 0 amide bonds. The van der Waals surface area contributed by atoms with Crippen LogP contribution in [-0.2, 0) is 11.3 Å². The molecule has 0 unspecified atom stereocenters. The molecular weight excluding hydrogens is 431 g/mol. The lowest BCUT2D eigenvalue weighted by Crippen LogP contribution is -2.36. The largest absolute Gasteiger partial charge is 0.485 e. The van der Waals surface area contributed by atoms with Crippen LogP contribution in [0.1, 0.15) is 21.8 Å². The molecule has 1 fully saturated rings. The van der Waals surface area contributed by atoms with E-state index in [1.165, 1.54) is 24.3 Å². The van der Waals surface area contributed by atoms with Crippen molar-refractivity contribution in [1.29, 1.82) is 0 Å². The fourth-order valence-electron chi connectivity index (χ4n) is 3.93. The van der Waals surface area contributed by atoms with Crippen LogP contribution in [0.15, 0.2) is 51.4 Å². The SMILES string of the molecule is Cc1cc(COc2cc3c(C(=O)O)c(-c4ccc(F)cc4)oc3cc2N2CCOCC2)no1. The van der Waals surface area contributed by atoms with Gasteiger partial charge in [0.1, 0.15) is 46.5 Å². The third kappa shape index (κ3) is 4.14. The molecule has 1 aliphatic rings. The molecule has 5 rings (SSSR count). The molecule has 0 aliphatic carbocycles. The minimum Gasteiger partial charge on any atom is -0.485 e. The van der Waals surface area contributed by atoms with Gasteiger partial charge in [0.25, 0.3) is 0 Å². The predicted octanol–water partition coefficient (Wildman–Crippen LogP) is 4.65. The smallest absolute Gasteiger partial charge is 0.340 e. The van der Waals surface area contributed by atoms with Gasteiger partial charge in [-0.15, -0.1) is 0 Å². The molecule has 2 aromatic carbocycles. The second-order valence-corrected chi connectivity index (χ2v) is 7.75. The van der Waals surface area contributed by atoms with Gasteiger partial charge in [0.2, 0.25) is 0 Å². The second kappa shape index (κ2) is 8.59. The monoisotopic (exact) mass is 452 g/mol. The summed E-state index contributed by atoms with van der Waals surface area (Å²) in [7, 11) is 0. The Bertz CT molecular complexity index is 1300. The fraction of sp³-hybridized carbons (Fsp3) is 0.250. The van der Waals surface area contributed by atoms with E-state index in [2.05, 4.69) is 10.1 Å². The van der Waals surface area contributed by atoms with E-state index in [-0.39, 0.29) is 17.9 Å². The number of carboxylic acid groups (broad SMARTS) is 1. The summed E-state index contributed by atoms with van der Waals surface area (Å²) in [5.74, 6) is -0.233. The van der Waals surface area contributed by atoms with Gasteiger partial charge in [-0.3, -0.25) is 0 Å². The number of carboxylic acids is 1. The summed E-state index contributed by atoms with van der Waals surface area (Å²) in [6, 6.07) is 10.7. The van der Waals surface area contributed by atoms with Crippen LogP contribution in [-0.4, -0.2) is 42.5 Å². The predicted molar refractivity (Wildman–Crippen MR) is 117 cm³/mol. The summed E-state index contributed by atoms with van der Waals surface area (Å²) < 4.78 is 36.1. The number of rotatable bonds is 6. The summed E-state index contributed by atoms with van der Waals surface area (Å²) in [6.45, 7) is 4.40. The first-order valence-corrected chi connectivity index (χ1v) is 10.5. The summed E-state index contributed by atoms with van der Waals surface area (Å²) in [6.07, 6.45) is 0. The van der Waals surface area contributed by atoms with E-state index in [4.69, 9.17) is 18.4 Å². The zero-order valence-corrected chi connectivity index (χ0v) is 17.8. The van der Waals surface area contributed by atoms with E-state index in [1.54, 1.807) is 25.1 Å². The Hall–Kier alpha value is -3.85. The first-order valence-electron chi connectivity index (χ1n) is 10.5. The maximum atomic E-state index is 13.4. The number of benzene rings is 2. The topological polar surface area (TPSA) is 98.2 Å². The maximum Gasteiger partial charge on any atom is 0.340 e. The normalized spacial score (nSPS) is 14.1. The van der Waals surface area contributed by atoms with Crippen molar-refractivity contribution >= 4 is 22.6 Å². The number of aromatic carboxylic acids is 1. The Balaban J connectivity index is 1.63. The molecule has 1 aliphatic heterocycles. The average Bonchev–Trinajstić information content (AvgIpc) is 3.41. The number of aromatic nitrogens is 1. The summed E-state index contributed by atoms with van der Waals surface area (Å²) in [4.78, 5) is 14.3. The van der Waals surface area contributed by atoms with Crippen molar-refractivity contribution in [2.75, 3.05) is 31.2 Å². The van der Waals surface area contributed by atoms with Gasteiger partial charge in [0, 0.05) is 36.2 Å². The van der Waals surface area contributed by atoms with Crippen molar-refractivity contribution in [3.05, 3.63) is 65.3 Å². The van der Waals surface area contributed by atoms with Gasteiger partial charge in [-0.2, -0.15) is 0 Å². The minimum absolute atomic E-state index is 0.00716. The molecule has 1 saturated heterocycles. The third-order valence-electron chi connectivity index (χ3n) is 5.49. The number of hydrogen-bond donors (Lipinski definition) is 1. The molecule has 0 radical (unpaired) electrons. The van der Waals surface area contributed by atoms with Crippen molar-refractivity contribution in [3.8, 4) is 17.1 Å². The van der Waals surface area contributed by atoms with Crippen LogP contribution in [0.2, 0.25) is 0 Å². The van der Waals surface area contributed by atoms with Crippen molar-refractivity contribution in [2.45, 2.75) is 13.5 Å². The number of anilines is 1. The van der Waals surface area contributed by atoms with E-state index in [0.717, 1.165) is 5.69 Å². The lowest BCUT2D eigenvalue weighted by molar-refractivity contribution is 0.0699. The van der Waals surface area contributed by atoms with Gasteiger partial charge in [-0.25, -0.2) is 9.18 Å². The quantitative estimate of drug-likeness (QED) is 0.452. The third-order valence-corrected chi connectivity index (χ3v) is 5.49. The van der Waals surface area contributed by atoms with Crippen molar-refractivity contribution in [1.82, 2.24) is 5.16 Å². The molecule has 170 valence electrons. The van der Waals surface area contributed by atoms with Crippen LogP contribution in [0.3, 0.4) is 0 Å². The lowest BCUT2D eigenvalue weighted by atomic mass is 10.0. The average molecular weight is 452 g/mol. The Kier molecular flexibility index (Phi) is 5.47. The summed E-state index contributed by atoms with van der Waals surface area (Å²) in [5, 5.41) is 14.3. The second-order valence-electron chi connectivity index (χ2n) is 7.75. The van der Waals surface area contributed by atoms with E-state index < -0.39 is 11.8 Å². The van der Waals surface area contributed by atoms with Gasteiger partial charge < -0.3 is 28.4 Å². The van der Waals surface area contributed by atoms with Crippen molar-refractivity contribution in [2.24, 2.45) is 0 Å². The molecule has 1 N–H and O–H groups in total. The first kappa shape index (κ1) is 21.0. The number of carbonyl (C=O) groups is 1. The molecule has 3 heterocycles. The van der Waals surface area contributed by atoms with Gasteiger partial charge in [-0.1, -0.05) is 5.16 Å². The molecule has 0 spiro atoms. The summed E-state index contributed by atoms with van der Waals surface area (Å²) >= 11 is 0. The number of morpholine rings is 1. The highest BCUT2D eigenvalue weighted by Gasteiger charge is 2.26. The molecule has 4 aromatic rings. The maximum absolute atomic E-state index is 13.4. The number of fused-ring (bicyclic) bond motifs is 1. The van der Waals surface area contributed by atoms with Crippen molar-refractivity contribution in [3.63, 3.8) is 0 Å². The van der Waals surface area contributed by atoms with Crippen LogP contribution >= 0.6 is 0 Å². The number of furan rings is 1. The number of nitrogens with zero attached hydrogens (tertiary/aromatic N) is 2. The van der Waals surface area contributed by atoms with E-state index in [0.29, 0.717) is 60.0 Å². The molecule has 33 heavy (non-hydrogen) atoms. The fourth-order valence-corrected chi connectivity index (χ4v) is 3.93. The van der Waals surface area contributed by atoms with Gasteiger partial charge in [0.05, 0.1) is 18.9 Å². The molecule has 2 aromatic heterocycles. The highest BCUT2D eigenvalue weighted by Crippen LogP contribution is 2.41. The zero-order chi connectivity index (χ0) is 22.9. The molecule has 0 atom stereocenters. The van der Waals surface area contributed by atoms with Crippen LogP contribution in [0.25, 0.3) is 22.3 Å². The van der Waals surface area contributed by atoms with E-state index in [1.807, 2.05) is 0 Å². The van der Waals surface area contributed by atoms with Crippen LogP contribution in [0, 0.1) is 12.7 Å². The number of halogens is 1. The highest BCUT2D eigenvalue weighted by molar-refractivity contribution is 6.09. The lowest BCUT2D eigenvalue weighted by Gasteiger charge is -2.30. The summed E-state index contributed by atoms with van der Waals surface area (Å²) in [5.41, 5.74) is 2.25. The number of hydrogen-bond acceptors (Lipinski definition) is 7. The first-order chi connectivity index (χ1) is 16.0. The molecule has 0 bridgehead atoms. The highest BCUT2D eigenvalue weighted by atomic mass is 19.1. The van der Waals surface area contributed by atoms with Crippen LogP contribution in [0.4, 0.5) is 10.1 Å². The van der Waals surface area contributed by atoms with Crippen molar-refractivity contribution < 1.29 is 32.7 Å². The van der Waals surface area contributed by atoms with Crippen LogP contribution in [0.5, 0.6) is 5.75 Å². The molecule has 0 saturated carbocycles. The number of aryl methyl sites for hydroxylation is 1. The van der Waals surface area contributed by atoms with E-state index >= 15 is 0 Å². The zero-order valence-electron chi connectivity index (χ0n) is 17.8. The standard InChI is InChI=1S/C24H21FN2O6/c1-14-10-17(26-33-14)13-31-21-11-18-20(12-19(21)27-6-8-30-9-7-27)32-23(22(18)24(28)29)15-2-4-16(25)5-3-15/h2-5,10-12H,6-9,13H2,1H3,(H,28,29).